The van der Waals surface area contributed by atoms with E-state index in [0.29, 0.717) is 17.0 Å². The molecule has 8 heteroatoms. The van der Waals surface area contributed by atoms with Crippen LogP contribution in [0.2, 0.25) is 0 Å². The highest BCUT2D eigenvalue weighted by atomic mass is 19.1. The van der Waals surface area contributed by atoms with Crippen LogP contribution >= 0.6 is 0 Å². The first-order chi connectivity index (χ1) is 12.0. The summed E-state index contributed by atoms with van der Waals surface area (Å²) in [5.41, 5.74) is 0.953. The highest BCUT2D eigenvalue weighted by Crippen LogP contribution is 2.13. The molecule has 0 unspecified atom stereocenters. The van der Waals surface area contributed by atoms with Gasteiger partial charge in [-0.3, -0.25) is 14.2 Å². The predicted molar refractivity (Wildman–Crippen MR) is 89.7 cm³/mol. The van der Waals surface area contributed by atoms with Crippen LogP contribution in [0.15, 0.2) is 53.7 Å². The second kappa shape index (κ2) is 7.00. The van der Waals surface area contributed by atoms with E-state index in [0.717, 1.165) is 0 Å². The zero-order valence-electron chi connectivity index (χ0n) is 13.3. The van der Waals surface area contributed by atoms with Gasteiger partial charge in [0.05, 0.1) is 17.9 Å². The summed E-state index contributed by atoms with van der Waals surface area (Å²) in [6.45, 7) is -0.0842. The average Bonchev–Trinajstić information content (AvgIpc) is 2.64. The summed E-state index contributed by atoms with van der Waals surface area (Å²) in [6, 6.07) is 8.24. The van der Waals surface area contributed by atoms with E-state index in [1.165, 1.54) is 41.2 Å². The minimum atomic E-state index is -0.411. The van der Waals surface area contributed by atoms with Crippen molar-refractivity contribution in [1.82, 2.24) is 19.5 Å². The van der Waals surface area contributed by atoms with E-state index >= 15 is 0 Å². The minimum absolute atomic E-state index is 0.0842. The van der Waals surface area contributed by atoms with Crippen LogP contribution in [0.25, 0.3) is 11.4 Å². The van der Waals surface area contributed by atoms with Crippen molar-refractivity contribution in [3.05, 3.63) is 70.7 Å². The molecule has 0 aliphatic heterocycles. The van der Waals surface area contributed by atoms with Crippen LogP contribution in [0.1, 0.15) is 10.4 Å². The lowest BCUT2D eigenvalue weighted by molar-refractivity contribution is 0.101. The fourth-order valence-corrected chi connectivity index (χ4v) is 2.17. The smallest absolute Gasteiger partial charge is 0.255 e. The lowest BCUT2D eigenvalue weighted by Crippen LogP contribution is -2.24. The molecule has 0 spiro atoms. The number of hydrogen-bond acceptors (Lipinski definition) is 6. The lowest BCUT2D eigenvalue weighted by Gasteiger charge is -2.11. The summed E-state index contributed by atoms with van der Waals surface area (Å²) < 4.78 is 14.2. The van der Waals surface area contributed by atoms with E-state index < -0.39 is 5.82 Å². The zero-order chi connectivity index (χ0) is 17.8. The predicted octanol–water partition coefficient (Wildman–Crippen LogP) is 1.67. The van der Waals surface area contributed by atoms with Crippen LogP contribution in [-0.2, 0) is 7.05 Å². The SMILES string of the molecule is Cn1c(NCC(=O)c2ccc(F)cc2)nc(-c2ccncn2)cc1=O. The van der Waals surface area contributed by atoms with Crippen molar-refractivity contribution in [3.8, 4) is 11.4 Å². The molecule has 0 amide bonds. The van der Waals surface area contributed by atoms with Crippen molar-refractivity contribution in [2.24, 2.45) is 7.05 Å². The third-order valence-corrected chi connectivity index (χ3v) is 3.55. The van der Waals surface area contributed by atoms with E-state index in [4.69, 9.17) is 0 Å². The first-order valence-electron chi connectivity index (χ1n) is 7.41. The highest BCUT2D eigenvalue weighted by Gasteiger charge is 2.11. The van der Waals surface area contributed by atoms with Crippen LogP contribution in [0, 0.1) is 5.82 Å². The topological polar surface area (TPSA) is 89.8 Å². The number of anilines is 1. The Morgan fingerprint density at radius 1 is 1.20 bits per heavy atom. The third kappa shape index (κ3) is 3.74. The van der Waals surface area contributed by atoms with Crippen LogP contribution in [0.4, 0.5) is 10.3 Å². The van der Waals surface area contributed by atoms with E-state index in [-0.39, 0.29) is 23.8 Å². The van der Waals surface area contributed by atoms with E-state index in [1.54, 1.807) is 19.3 Å². The summed E-state index contributed by atoms with van der Waals surface area (Å²) >= 11 is 0. The second-order valence-electron chi connectivity index (χ2n) is 5.24. The Balaban J connectivity index is 1.82. The molecule has 7 nitrogen and oxygen atoms in total. The van der Waals surface area contributed by atoms with Crippen molar-refractivity contribution >= 4 is 11.7 Å². The molecule has 1 N–H and O–H groups in total. The second-order valence-corrected chi connectivity index (χ2v) is 5.24. The molecular weight excluding hydrogens is 325 g/mol. The first kappa shape index (κ1) is 16.4. The maximum absolute atomic E-state index is 12.9. The van der Waals surface area contributed by atoms with Gasteiger partial charge >= 0.3 is 0 Å². The molecule has 0 radical (unpaired) electrons. The number of Topliss-reactive ketones (excluding diaryl/α,β-unsaturated/α-hetero) is 1. The number of aromatic nitrogens is 4. The fraction of sp³-hybridized carbons (Fsp3) is 0.118. The number of rotatable bonds is 5. The van der Waals surface area contributed by atoms with Crippen LogP contribution < -0.4 is 10.9 Å². The summed E-state index contributed by atoms with van der Waals surface area (Å²) in [5, 5.41) is 2.84. The first-order valence-corrected chi connectivity index (χ1v) is 7.41. The van der Waals surface area contributed by atoms with Gasteiger partial charge in [0.1, 0.15) is 12.1 Å². The number of nitrogens with zero attached hydrogens (tertiary/aromatic N) is 4. The number of nitrogens with one attached hydrogen (secondary N) is 1. The van der Waals surface area contributed by atoms with Gasteiger partial charge in [0.2, 0.25) is 5.95 Å². The van der Waals surface area contributed by atoms with Crippen molar-refractivity contribution in [1.29, 1.82) is 0 Å². The molecule has 0 saturated carbocycles. The third-order valence-electron chi connectivity index (χ3n) is 3.55. The number of halogens is 1. The Morgan fingerprint density at radius 3 is 2.64 bits per heavy atom. The van der Waals surface area contributed by atoms with Gasteiger partial charge in [-0.15, -0.1) is 0 Å². The van der Waals surface area contributed by atoms with Crippen molar-refractivity contribution < 1.29 is 9.18 Å². The van der Waals surface area contributed by atoms with E-state index in [9.17, 15) is 14.0 Å². The van der Waals surface area contributed by atoms with Gasteiger partial charge in [0.15, 0.2) is 5.78 Å². The Kier molecular flexibility index (Phi) is 4.60. The largest absolute Gasteiger partial charge is 0.348 e. The Bertz CT molecular complexity index is 955. The number of hydrogen-bond donors (Lipinski definition) is 1. The molecule has 0 fully saturated rings. The molecule has 0 bridgehead atoms. The van der Waals surface area contributed by atoms with Crippen molar-refractivity contribution in [3.63, 3.8) is 0 Å². The van der Waals surface area contributed by atoms with Crippen molar-refractivity contribution in [2.45, 2.75) is 0 Å². The Morgan fingerprint density at radius 2 is 1.96 bits per heavy atom. The molecule has 0 saturated heterocycles. The molecule has 3 aromatic rings. The maximum atomic E-state index is 12.9. The molecule has 25 heavy (non-hydrogen) atoms. The Labute approximate surface area is 142 Å². The van der Waals surface area contributed by atoms with Gasteiger partial charge in [-0.05, 0) is 30.3 Å². The van der Waals surface area contributed by atoms with Gasteiger partial charge in [-0.25, -0.2) is 19.3 Å². The Hall–Kier alpha value is -3.42. The molecule has 126 valence electrons. The van der Waals surface area contributed by atoms with E-state index in [1.807, 2.05) is 0 Å². The van der Waals surface area contributed by atoms with Gasteiger partial charge in [0, 0.05) is 24.9 Å². The maximum Gasteiger partial charge on any atom is 0.255 e. The quantitative estimate of drug-likeness (QED) is 0.711. The molecule has 0 aliphatic rings. The summed E-state index contributed by atoms with van der Waals surface area (Å²) in [5.74, 6) is -0.426. The van der Waals surface area contributed by atoms with Gasteiger partial charge < -0.3 is 5.32 Å². The summed E-state index contributed by atoms with van der Waals surface area (Å²) in [4.78, 5) is 36.5. The van der Waals surface area contributed by atoms with Gasteiger partial charge in [0.25, 0.3) is 5.56 Å². The molecular formula is C17H14FN5O2. The number of carbonyl (C=O) groups excluding carboxylic acids is 1. The standard InChI is InChI=1S/C17H14FN5O2/c1-23-16(25)8-14(13-6-7-19-10-21-13)22-17(23)20-9-15(24)11-2-4-12(18)5-3-11/h2-8,10H,9H2,1H3,(H,20,22). The summed E-state index contributed by atoms with van der Waals surface area (Å²) in [7, 11) is 1.55. The monoisotopic (exact) mass is 339 g/mol. The van der Waals surface area contributed by atoms with Crippen LogP contribution in [-0.4, -0.2) is 31.8 Å². The molecule has 1 aromatic carbocycles. The normalized spacial score (nSPS) is 10.5. The number of benzene rings is 1. The number of carbonyl (C=O) groups is 1. The average molecular weight is 339 g/mol. The minimum Gasteiger partial charge on any atom is -0.348 e. The van der Waals surface area contributed by atoms with Crippen LogP contribution in [0.3, 0.4) is 0 Å². The fourth-order valence-electron chi connectivity index (χ4n) is 2.17. The molecule has 2 heterocycles. The van der Waals surface area contributed by atoms with Gasteiger partial charge in [-0.2, -0.15) is 0 Å². The molecule has 0 aliphatic carbocycles. The summed E-state index contributed by atoms with van der Waals surface area (Å²) in [6.07, 6.45) is 2.91. The lowest BCUT2D eigenvalue weighted by atomic mass is 10.1. The van der Waals surface area contributed by atoms with Gasteiger partial charge in [-0.1, -0.05) is 0 Å². The number of ketones is 1. The van der Waals surface area contributed by atoms with Crippen LogP contribution in [0.5, 0.6) is 0 Å². The highest BCUT2D eigenvalue weighted by molar-refractivity contribution is 5.98. The molecule has 2 aromatic heterocycles. The van der Waals surface area contributed by atoms with Crippen molar-refractivity contribution in [2.75, 3.05) is 11.9 Å². The van der Waals surface area contributed by atoms with E-state index in [2.05, 4.69) is 20.3 Å². The molecule has 0 atom stereocenters. The zero-order valence-corrected chi connectivity index (χ0v) is 13.3. The molecule has 3 rings (SSSR count).